The van der Waals surface area contributed by atoms with E-state index in [2.05, 4.69) is 17.4 Å². The van der Waals surface area contributed by atoms with E-state index >= 15 is 0 Å². The summed E-state index contributed by atoms with van der Waals surface area (Å²) in [6, 6.07) is 26.1. The fourth-order valence-corrected chi connectivity index (χ4v) is 5.73. The maximum Gasteiger partial charge on any atom is 0.243 e. The van der Waals surface area contributed by atoms with Gasteiger partial charge in [-0.2, -0.15) is 0 Å². The summed E-state index contributed by atoms with van der Waals surface area (Å²) < 4.78 is 12.9. The Hall–Kier alpha value is -3.21. The van der Waals surface area contributed by atoms with Gasteiger partial charge in [0.25, 0.3) is 0 Å². The minimum absolute atomic E-state index is 0.0000544. The highest BCUT2D eigenvalue weighted by atomic mass is 32.2. The van der Waals surface area contributed by atoms with Crippen LogP contribution in [0.25, 0.3) is 0 Å². The normalized spacial score (nSPS) is 18.4. The van der Waals surface area contributed by atoms with Gasteiger partial charge in [-0.1, -0.05) is 79.6 Å². The van der Waals surface area contributed by atoms with Gasteiger partial charge in [0, 0.05) is 42.0 Å². The minimum atomic E-state index is -0.519. The lowest BCUT2D eigenvalue weighted by molar-refractivity contribution is -0.245. The molecule has 0 saturated carbocycles. The second kappa shape index (κ2) is 17.0. The van der Waals surface area contributed by atoms with Crippen LogP contribution in [-0.2, 0) is 32.2 Å². The number of nitrogens with one attached hydrogen (secondary N) is 2. The Morgan fingerprint density at radius 1 is 0.786 bits per heavy atom. The van der Waals surface area contributed by atoms with Crippen molar-refractivity contribution in [1.29, 1.82) is 0 Å². The topological polar surface area (TPSA) is 117 Å². The van der Waals surface area contributed by atoms with Crippen LogP contribution in [0.1, 0.15) is 79.6 Å². The number of hydroxylamine groups is 1. The zero-order valence-electron chi connectivity index (χ0n) is 23.7. The standard InChI is InChI=1S/C33H40N2O6S/c36-22-25-14-16-26(17-15-25)30-20-28(23-42-29-8-4-3-5-9-29)40-33(41-30)27-18-12-24(13-19-27)21-34-31(37)10-6-1-2-7-11-32(38)35-39/h3-5,8-9,12-19,28,30,33,36,39H,1-2,6-7,10-11,20-23H2,(H,34,37)(H,35,38). The van der Waals surface area contributed by atoms with Gasteiger partial charge in [0.1, 0.15) is 0 Å². The van der Waals surface area contributed by atoms with Crippen LogP contribution in [0.4, 0.5) is 0 Å². The number of hydrogen-bond acceptors (Lipinski definition) is 7. The Bertz CT molecular complexity index is 1240. The largest absolute Gasteiger partial charge is 0.392 e. The van der Waals surface area contributed by atoms with Crippen molar-refractivity contribution < 1.29 is 29.4 Å². The number of hydrogen-bond donors (Lipinski definition) is 4. The summed E-state index contributed by atoms with van der Waals surface area (Å²) in [6.45, 7) is 0.451. The predicted octanol–water partition coefficient (Wildman–Crippen LogP) is 5.98. The van der Waals surface area contributed by atoms with Crippen LogP contribution < -0.4 is 10.8 Å². The van der Waals surface area contributed by atoms with Gasteiger partial charge < -0.3 is 19.9 Å². The molecule has 0 spiro atoms. The molecule has 3 unspecified atom stereocenters. The summed E-state index contributed by atoms with van der Waals surface area (Å²) in [5.74, 6) is 0.424. The first kappa shape index (κ1) is 31.7. The lowest BCUT2D eigenvalue weighted by Gasteiger charge is -2.36. The van der Waals surface area contributed by atoms with Crippen molar-refractivity contribution in [3.63, 3.8) is 0 Å². The van der Waals surface area contributed by atoms with Gasteiger partial charge in [-0.3, -0.25) is 14.8 Å². The Morgan fingerprint density at radius 2 is 1.43 bits per heavy atom. The molecule has 1 heterocycles. The number of carbonyl (C=O) groups excluding carboxylic acids is 2. The van der Waals surface area contributed by atoms with Crippen LogP contribution in [0.2, 0.25) is 0 Å². The van der Waals surface area contributed by atoms with Crippen molar-refractivity contribution in [2.75, 3.05) is 5.75 Å². The highest BCUT2D eigenvalue weighted by molar-refractivity contribution is 7.99. The molecular weight excluding hydrogens is 552 g/mol. The molecule has 0 radical (unpaired) electrons. The Morgan fingerprint density at radius 3 is 2.10 bits per heavy atom. The maximum absolute atomic E-state index is 12.3. The average molecular weight is 593 g/mol. The lowest BCUT2D eigenvalue weighted by Crippen LogP contribution is -2.31. The van der Waals surface area contributed by atoms with E-state index in [-0.39, 0.29) is 30.6 Å². The number of aliphatic hydroxyl groups is 1. The Balaban J connectivity index is 1.30. The van der Waals surface area contributed by atoms with Gasteiger partial charge in [0.05, 0.1) is 18.8 Å². The van der Waals surface area contributed by atoms with Crippen LogP contribution in [0.5, 0.6) is 0 Å². The fourth-order valence-electron chi connectivity index (χ4n) is 4.79. The lowest BCUT2D eigenvalue weighted by atomic mass is 10.0. The number of rotatable bonds is 15. The van der Waals surface area contributed by atoms with E-state index in [1.807, 2.05) is 66.7 Å². The van der Waals surface area contributed by atoms with E-state index < -0.39 is 6.29 Å². The van der Waals surface area contributed by atoms with E-state index in [4.69, 9.17) is 14.7 Å². The monoisotopic (exact) mass is 592 g/mol. The van der Waals surface area contributed by atoms with Crippen molar-refractivity contribution in [1.82, 2.24) is 10.8 Å². The van der Waals surface area contributed by atoms with Crippen LogP contribution in [-0.4, -0.2) is 34.0 Å². The highest BCUT2D eigenvalue weighted by Gasteiger charge is 2.32. The van der Waals surface area contributed by atoms with Gasteiger partial charge in [-0.25, -0.2) is 5.48 Å². The van der Waals surface area contributed by atoms with E-state index in [1.54, 1.807) is 17.2 Å². The van der Waals surface area contributed by atoms with Crippen molar-refractivity contribution in [2.45, 2.75) is 81.5 Å². The third kappa shape index (κ3) is 10.3. The molecule has 4 N–H and O–H groups in total. The van der Waals surface area contributed by atoms with Crippen LogP contribution in [0, 0.1) is 0 Å². The molecule has 3 aromatic carbocycles. The first-order valence-electron chi connectivity index (χ1n) is 14.5. The first-order valence-corrected chi connectivity index (χ1v) is 15.5. The molecule has 8 nitrogen and oxygen atoms in total. The molecule has 3 atom stereocenters. The number of aliphatic hydroxyl groups excluding tert-OH is 1. The van der Waals surface area contributed by atoms with E-state index in [0.717, 1.165) is 53.7 Å². The maximum atomic E-state index is 12.3. The van der Waals surface area contributed by atoms with Gasteiger partial charge in [-0.15, -0.1) is 11.8 Å². The van der Waals surface area contributed by atoms with Gasteiger partial charge in [0.15, 0.2) is 6.29 Å². The van der Waals surface area contributed by atoms with E-state index in [1.165, 1.54) is 4.90 Å². The highest BCUT2D eigenvalue weighted by Crippen LogP contribution is 2.39. The number of thioether (sulfide) groups is 1. The molecular formula is C33H40N2O6S. The average Bonchev–Trinajstić information content (AvgIpc) is 3.04. The van der Waals surface area contributed by atoms with Crippen molar-refractivity contribution >= 4 is 23.6 Å². The van der Waals surface area contributed by atoms with Crippen molar-refractivity contribution in [2.24, 2.45) is 0 Å². The first-order chi connectivity index (χ1) is 20.5. The summed E-state index contributed by atoms with van der Waals surface area (Å²) in [5.41, 5.74) is 5.47. The third-order valence-electron chi connectivity index (χ3n) is 7.22. The third-order valence-corrected chi connectivity index (χ3v) is 8.36. The van der Waals surface area contributed by atoms with Crippen molar-refractivity contribution in [3.05, 3.63) is 101 Å². The number of amides is 2. The molecule has 42 heavy (non-hydrogen) atoms. The number of unbranched alkanes of at least 4 members (excludes halogenated alkanes) is 3. The molecule has 1 aliphatic heterocycles. The van der Waals surface area contributed by atoms with Crippen molar-refractivity contribution in [3.8, 4) is 0 Å². The molecule has 4 rings (SSSR count). The molecule has 2 amide bonds. The Labute approximate surface area is 251 Å². The zero-order chi connectivity index (χ0) is 29.6. The molecule has 1 aliphatic rings. The van der Waals surface area contributed by atoms with Gasteiger partial charge in [-0.05, 0) is 41.7 Å². The zero-order valence-corrected chi connectivity index (χ0v) is 24.6. The molecule has 1 saturated heterocycles. The second-order valence-electron chi connectivity index (χ2n) is 10.4. The summed E-state index contributed by atoms with van der Waals surface area (Å²) in [4.78, 5) is 24.5. The number of ether oxygens (including phenoxy) is 2. The second-order valence-corrected chi connectivity index (χ2v) is 11.5. The minimum Gasteiger partial charge on any atom is -0.392 e. The summed E-state index contributed by atoms with van der Waals surface area (Å²) in [6.07, 6.45) is 3.96. The molecule has 224 valence electrons. The van der Waals surface area contributed by atoms with Crippen LogP contribution in [0.3, 0.4) is 0 Å². The molecule has 0 aromatic heterocycles. The molecule has 0 aliphatic carbocycles. The SMILES string of the molecule is O=C(CCCCCCC(=O)NCc1ccc(C2OC(CSc3ccccc3)CC(c3ccc(CO)cc3)O2)cc1)NO. The number of carbonyl (C=O) groups is 2. The van der Waals surface area contributed by atoms with Crippen LogP contribution in [0.15, 0.2) is 83.8 Å². The molecule has 1 fully saturated rings. The molecule has 3 aromatic rings. The summed E-state index contributed by atoms with van der Waals surface area (Å²) >= 11 is 1.77. The number of benzene rings is 3. The molecule has 0 bridgehead atoms. The van der Waals surface area contributed by atoms with E-state index in [0.29, 0.717) is 25.8 Å². The summed E-state index contributed by atoms with van der Waals surface area (Å²) in [5, 5.41) is 20.9. The van der Waals surface area contributed by atoms with Gasteiger partial charge in [0.2, 0.25) is 11.8 Å². The Kier molecular flexibility index (Phi) is 12.9. The fraction of sp³-hybridized carbons (Fsp3) is 0.394. The van der Waals surface area contributed by atoms with E-state index in [9.17, 15) is 14.7 Å². The smallest absolute Gasteiger partial charge is 0.243 e. The summed E-state index contributed by atoms with van der Waals surface area (Å²) in [7, 11) is 0. The predicted molar refractivity (Wildman–Crippen MR) is 162 cm³/mol. The van der Waals surface area contributed by atoms with Gasteiger partial charge >= 0.3 is 0 Å². The molecule has 9 heteroatoms. The van der Waals surface area contributed by atoms with Crippen LogP contribution >= 0.6 is 11.8 Å². The quantitative estimate of drug-likeness (QED) is 0.0743.